The first-order chi connectivity index (χ1) is 18.4. The minimum absolute atomic E-state index is 0.317. The molecule has 2 aliphatic rings. The fourth-order valence-corrected chi connectivity index (χ4v) is 5.12. The summed E-state index contributed by atoms with van der Waals surface area (Å²) in [7, 11) is 3.49. The molecule has 39 heavy (non-hydrogen) atoms. The van der Waals surface area contributed by atoms with Crippen molar-refractivity contribution in [3.05, 3.63) is 60.4 Å². The summed E-state index contributed by atoms with van der Waals surface area (Å²) in [4.78, 5) is 12.9. The van der Waals surface area contributed by atoms with E-state index in [0.29, 0.717) is 12.5 Å². The topological polar surface area (TPSA) is 94.6 Å². The number of allylic oxidation sites excluding steroid dienone is 1. The Morgan fingerprint density at radius 3 is 2.13 bits per heavy atom. The molecule has 4 aromatic rings. The number of benzene rings is 2. The zero-order valence-corrected chi connectivity index (χ0v) is 23.7. The van der Waals surface area contributed by atoms with Gasteiger partial charge in [0.15, 0.2) is 0 Å². The van der Waals surface area contributed by atoms with Gasteiger partial charge in [-0.2, -0.15) is 10.2 Å². The Morgan fingerprint density at radius 1 is 0.949 bits per heavy atom. The molecule has 1 fully saturated rings. The van der Waals surface area contributed by atoms with Gasteiger partial charge in [-0.05, 0) is 57.6 Å². The van der Waals surface area contributed by atoms with Crippen LogP contribution in [0.2, 0.25) is 0 Å². The molecule has 0 saturated carbocycles. The van der Waals surface area contributed by atoms with Crippen LogP contribution >= 0.6 is 0 Å². The van der Waals surface area contributed by atoms with E-state index in [-0.39, 0.29) is 18.3 Å². The minimum Gasteiger partial charge on any atom is -0.465 e. The molecule has 1 amide bonds. The Kier molecular flexibility index (Phi) is 6.80. The van der Waals surface area contributed by atoms with Gasteiger partial charge in [0, 0.05) is 37.0 Å². The van der Waals surface area contributed by atoms with Gasteiger partial charge in [-0.15, -0.1) is 0 Å². The Balaban J connectivity index is 0.000000158. The fourth-order valence-electron chi connectivity index (χ4n) is 5.12. The summed E-state index contributed by atoms with van der Waals surface area (Å²) in [5.74, 6) is 0.350. The Labute approximate surface area is 229 Å². The van der Waals surface area contributed by atoms with Crippen molar-refractivity contribution in [2.75, 3.05) is 6.54 Å². The highest BCUT2D eigenvalue weighted by molar-refractivity contribution is 6.65. The highest BCUT2D eigenvalue weighted by Crippen LogP contribution is 2.37. The molecule has 1 N–H and O–H groups in total. The molecule has 0 aliphatic carbocycles. The third-order valence-corrected chi connectivity index (χ3v) is 8.13. The first-order valence-electron chi connectivity index (χ1n) is 13.3. The van der Waals surface area contributed by atoms with Crippen molar-refractivity contribution in [1.29, 1.82) is 0 Å². The van der Waals surface area contributed by atoms with Gasteiger partial charge in [0.05, 0.1) is 40.3 Å². The van der Waals surface area contributed by atoms with Crippen LogP contribution in [0.15, 0.2) is 54.9 Å². The molecule has 10 heteroatoms. The molecule has 4 heterocycles. The van der Waals surface area contributed by atoms with E-state index in [0.717, 1.165) is 44.9 Å². The van der Waals surface area contributed by atoms with Crippen LogP contribution in [0.5, 0.6) is 0 Å². The van der Waals surface area contributed by atoms with Crippen LogP contribution in [0.3, 0.4) is 0 Å². The number of amides is 1. The molecule has 0 bridgehead atoms. The molecule has 0 unspecified atom stereocenters. The number of hydrogen-bond acceptors (Lipinski definition) is 5. The number of nitrogens with zero attached hydrogens (tertiary/aromatic N) is 5. The average molecular weight is 529 g/mol. The summed E-state index contributed by atoms with van der Waals surface area (Å²) in [5.41, 5.74) is 4.22. The lowest BCUT2D eigenvalue weighted by atomic mass is 9.77. The SMILES string of the molecule is C[C@H]1CC=C(c2cccc3c2cnn3C)N(C(=O)O)C1.Cn1ncc2c(B3OC(C)(C)C(C)(C)O3)cccc21. The zero-order chi connectivity index (χ0) is 28.1. The lowest BCUT2D eigenvalue weighted by Crippen LogP contribution is -2.41. The molecule has 9 nitrogen and oxygen atoms in total. The van der Waals surface area contributed by atoms with Crippen LogP contribution in [0, 0.1) is 5.92 Å². The summed E-state index contributed by atoms with van der Waals surface area (Å²) >= 11 is 0. The van der Waals surface area contributed by atoms with Gasteiger partial charge >= 0.3 is 13.2 Å². The predicted molar refractivity (Wildman–Crippen MR) is 154 cm³/mol. The number of aromatic nitrogens is 4. The average Bonchev–Trinajstić information content (AvgIpc) is 3.52. The van der Waals surface area contributed by atoms with Crippen molar-refractivity contribution >= 4 is 46.2 Å². The van der Waals surface area contributed by atoms with Crippen LogP contribution in [0.25, 0.3) is 27.5 Å². The normalized spacial score (nSPS) is 20.2. The Hall–Kier alpha value is -3.63. The van der Waals surface area contributed by atoms with E-state index in [1.54, 1.807) is 10.9 Å². The number of carboxylic acid groups (broad SMARTS) is 1. The maximum absolute atomic E-state index is 11.5. The van der Waals surface area contributed by atoms with E-state index in [9.17, 15) is 9.90 Å². The van der Waals surface area contributed by atoms with Crippen molar-refractivity contribution in [2.45, 2.75) is 52.2 Å². The third kappa shape index (κ3) is 4.83. The van der Waals surface area contributed by atoms with E-state index in [4.69, 9.17) is 9.31 Å². The predicted octanol–water partition coefficient (Wildman–Crippen LogP) is 4.81. The van der Waals surface area contributed by atoms with E-state index in [1.807, 2.05) is 61.4 Å². The van der Waals surface area contributed by atoms with Crippen molar-refractivity contribution < 1.29 is 19.2 Å². The molecule has 204 valence electrons. The smallest absolute Gasteiger partial charge is 0.465 e. The van der Waals surface area contributed by atoms with Gasteiger partial charge in [-0.3, -0.25) is 14.3 Å². The zero-order valence-electron chi connectivity index (χ0n) is 23.7. The number of rotatable bonds is 2. The Morgan fingerprint density at radius 2 is 1.51 bits per heavy atom. The van der Waals surface area contributed by atoms with Crippen LogP contribution in [0.4, 0.5) is 4.79 Å². The second-order valence-electron chi connectivity index (χ2n) is 11.5. The van der Waals surface area contributed by atoms with Crippen molar-refractivity contribution in [3.63, 3.8) is 0 Å². The summed E-state index contributed by atoms with van der Waals surface area (Å²) in [6, 6.07) is 12.0. The molecular weight excluding hydrogens is 493 g/mol. The molecular formula is C29H36BN5O4. The number of aryl methyl sites for hydroxylation is 2. The first-order valence-corrected chi connectivity index (χ1v) is 13.3. The molecule has 2 aromatic carbocycles. The molecule has 1 saturated heterocycles. The monoisotopic (exact) mass is 529 g/mol. The molecule has 2 aliphatic heterocycles. The van der Waals surface area contributed by atoms with Crippen LogP contribution in [0.1, 0.15) is 46.6 Å². The Bertz CT molecular complexity index is 1550. The summed E-state index contributed by atoms with van der Waals surface area (Å²) in [6.07, 6.45) is 5.68. The highest BCUT2D eigenvalue weighted by Gasteiger charge is 2.52. The van der Waals surface area contributed by atoms with E-state index >= 15 is 0 Å². The van der Waals surface area contributed by atoms with Crippen LogP contribution in [-0.4, -0.2) is 60.5 Å². The summed E-state index contributed by atoms with van der Waals surface area (Å²) < 4.78 is 15.9. The first kappa shape index (κ1) is 27.0. The highest BCUT2D eigenvalue weighted by atomic mass is 16.7. The van der Waals surface area contributed by atoms with Crippen molar-refractivity contribution in [3.8, 4) is 0 Å². The van der Waals surface area contributed by atoms with Crippen LogP contribution < -0.4 is 5.46 Å². The quantitative estimate of drug-likeness (QED) is 0.375. The lowest BCUT2D eigenvalue weighted by molar-refractivity contribution is 0.00578. The van der Waals surface area contributed by atoms with Crippen molar-refractivity contribution in [1.82, 2.24) is 24.5 Å². The third-order valence-electron chi connectivity index (χ3n) is 8.13. The van der Waals surface area contributed by atoms with Crippen LogP contribution in [-0.2, 0) is 23.4 Å². The largest absolute Gasteiger partial charge is 0.495 e. The second kappa shape index (κ2) is 9.84. The standard InChI is InChI=1S/C15H17N3O2.C14H19BN2O2/c1-10-6-7-14(18(9-10)15(19)20)11-4-3-5-13-12(11)8-16-17(13)2;1-13(2)14(3,4)19-15(18-13)11-7-6-8-12-10(11)9-16-17(12)5/h3-5,7-8,10H,6,9H2,1-2H3,(H,19,20);6-9H,1-5H3/t10-;/m0./s1. The molecule has 6 rings (SSSR count). The second-order valence-corrected chi connectivity index (χ2v) is 11.5. The number of carbonyl (C=O) groups is 1. The molecule has 0 radical (unpaired) electrons. The summed E-state index contributed by atoms with van der Waals surface area (Å²) in [5, 5.41) is 20.1. The molecule has 1 atom stereocenters. The van der Waals surface area contributed by atoms with Gasteiger partial charge in [-0.25, -0.2) is 4.79 Å². The number of hydrogen-bond donors (Lipinski definition) is 1. The lowest BCUT2D eigenvalue weighted by Gasteiger charge is -2.32. The molecule has 2 aromatic heterocycles. The van der Waals surface area contributed by atoms with Crippen molar-refractivity contribution in [2.24, 2.45) is 20.0 Å². The van der Waals surface area contributed by atoms with Gasteiger partial charge in [-0.1, -0.05) is 37.3 Å². The maximum atomic E-state index is 11.5. The van der Waals surface area contributed by atoms with E-state index in [2.05, 4.69) is 50.9 Å². The van der Waals surface area contributed by atoms with Gasteiger partial charge in [0.1, 0.15) is 0 Å². The van der Waals surface area contributed by atoms with Gasteiger partial charge < -0.3 is 14.4 Å². The maximum Gasteiger partial charge on any atom is 0.495 e. The fraction of sp³-hybridized carbons (Fsp3) is 0.414. The van der Waals surface area contributed by atoms with Gasteiger partial charge in [0.2, 0.25) is 0 Å². The number of fused-ring (bicyclic) bond motifs is 2. The summed E-state index contributed by atoms with van der Waals surface area (Å²) in [6.45, 7) is 10.9. The minimum atomic E-state index is -0.899. The molecule has 0 spiro atoms. The van der Waals surface area contributed by atoms with Gasteiger partial charge in [0.25, 0.3) is 0 Å². The van der Waals surface area contributed by atoms with E-state index < -0.39 is 6.09 Å². The van der Waals surface area contributed by atoms with E-state index in [1.165, 1.54) is 4.90 Å².